The first-order valence-electron chi connectivity index (χ1n) is 5.32. The lowest BCUT2D eigenvalue weighted by Gasteiger charge is -2.09. The highest BCUT2D eigenvalue weighted by Gasteiger charge is 2.20. The standard InChI is InChI=1S/C12H9F3N2O2S/c13-7-1-3-10(15)12(5-7)20(18,19)17-8-2-4-9(14)11(16)6-8/h1-6,17H,16H2. The van der Waals surface area contributed by atoms with E-state index in [0.29, 0.717) is 12.1 Å². The maximum absolute atomic E-state index is 13.4. The number of sulfonamides is 1. The van der Waals surface area contributed by atoms with Gasteiger partial charge in [-0.05, 0) is 36.4 Å². The van der Waals surface area contributed by atoms with Crippen LogP contribution in [-0.4, -0.2) is 8.42 Å². The fourth-order valence-corrected chi connectivity index (χ4v) is 2.64. The van der Waals surface area contributed by atoms with Gasteiger partial charge in [0.1, 0.15) is 22.3 Å². The molecule has 0 aliphatic heterocycles. The average Bonchev–Trinajstić information content (AvgIpc) is 2.36. The van der Waals surface area contributed by atoms with Crippen LogP contribution in [0.4, 0.5) is 24.5 Å². The van der Waals surface area contributed by atoms with Crippen LogP contribution in [0.1, 0.15) is 0 Å². The van der Waals surface area contributed by atoms with Gasteiger partial charge in [0.25, 0.3) is 10.0 Å². The van der Waals surface area contributed by atoms with E-state index in [0.717, 1.165) is 24.3 Å². The molecule has 106 valence electrons. The summed E-state index contributed by atoms with van der Waals surface area (Å²) in [6.07, 6.45) is 0. The maximum atomic E-state index is 13.4. The van der Waals surface area contributed by atoms with Gasteiger partial charge in [-0.1, -0.05) is 0 Å². The summed E-state index contributed by atoms with van der Waals surface area (Å²) in [5, 5.41) is 0. The molecule has 0 heterocycles. The van der Waals surface area contributed by atoms with Gasteiger partial charge in [-0.3, -0.25) is 4.72 Å². The van der Waals surface area contributed by atoms with Crippen molar-refractivity contribution in [2.75, 3.05) is 10.5 Å². The van der Waals surface area contributed by atoms with E-state index in [1.807, 2.05) is 4.72 Å². The Morgan fingerprint density at radius 2 is 1.60 bits per heavy atom. The molecule has 20 heavy (non-hydrogen) atoms. The highest BCUT2D eigenvalue weighted by molar-refractivity contribution is 7.92. The molecular formula is C12H9F3N2O2S. The van der Waals surface area contributed by atoms with Crippen LogP contribution in [0.3, 0.4) is 0 Å². The van der Waals surface area contributed by atoms with Crippen LogP contribution in [-0.2, 0) is 10.0 Å². The normalized spacial score (nSPS) is 11.3. The Morgan fingerprint density at radius 1 is 0.950 bits per heavy atom. The second kappa shape index (κ2) is 5.04. The number of nitrogen functional groups attached to an aromatic ring is 1. The third-order valence-corrected chi connectivity index (χ3v) is 3.83. The molecule has 4 nitrogen and oxygen atoms in total. The Morgan fingerprint density at radius 3 is 2.25 bits per heavy atom. The molecule has 2 aromatic carbocycles. The van der Waals surface area contributed by atoms with Crippen molar-refractivity contribution < 1.29 is 21.6 Å². The first-order valence-corrected chi connectivity index (χ1v) is 6.81. The molecule has 0 radical (unpaired) electrons. The summed E-state index contributed by atoms with van der Waals surface area (Å²) < 4.78 is 65.2. The first kappa shape index (κ1) is 14.2. The van der Waals surface area contributed by atoms with Gasteiger partial charge in [0.05, 0.1) is 11.4 Å². The predicted octanol–water partition coefficient (Wildman–Crippen LogP) is 2.49. The second-order valence-electron chi connectivity index (χ2n) is 3.92. The van der Waals surface area contributed by atoms with Gasteiger partial charge in [0.2, 0.25) is 0 Å². The van der Waals surface area contributed by atoms with Crippen LogP contribution in [0.5, 0.6) is 0 Å². The quantitative estimate of drug-likeness (QED) is 0.856. The molecule has 0 bridgehead atoms. The van der Waals surface area contributed by atoms with Gasteiger partial charge < -0.3 is 5.73 Å². The first-order chi connectivity index (χ1) is 9.29. The Labute approximate surface area is 113 Å². The van der Waals surface area contributed by atoms with E-state index < -0.39 is 32.4 Å². The average molecular weight is 302 g/mol. The Bertz CT molecular complexity index is 763. The number of hydrogen-bond donors (Lipinski definition) is 2. The molecule has 2 aromatic rings. The molecule has 0 saturated heterocycles. The van der Waals surface area contributed by atoms with E-state index in [-0.39, 0.29) is 11.4 Å². The third kappa shape index (κ3) is 2.85. The van der Waals surface area contributed by atoms with Gasteiger partial charge >= 0.3 is 0 Å². The van der Waals surface area contributed by atoms with Crippen molar-refractivity contribution in [2.24, 2.45) is 0 Å². The Kier molecular flexibility index (Phi) is 3.58. The zero-order valence-corrected chi connectivity index (χ0v) is 10.7. The van der Waals surface area contributed by atoms with Crippen LogP contribution >= 0.6 is 0 Å². The fourth-order valence-electron chi connectivity index (χ4n) is 1.50. The third-order valence-electron chi connectivity index (χ3n) is 2.43. The summed E-state index contributed by atoms with van der Waals surface area (Å²) in [6.45, 7) is 0. The topological polar surface area (TPSA) is 72.2 Å². The maximum Gasteiger partial charge on any atom is 0.264 e. The van der Waals surface area contributed by atoms with E-state index in [2.05, 4.69) is 0 Å². The highest BCUT2D eigenvalue weighted by Crippen LogP contribution is 2.22. The summed E-state index contributed by atoms with van der Waals surface area (Å²) in [4.78, 5) is -0.847. The Balaban J connectivity index is 2.40. The highest BCUT2D eigenvalue weighted by atomic mass is 32.2. The van der Waals surface area contributed by atoms with E-state index in [4.69, 9.17) is 5.73 Å². The van der Waals surface area contributed by atoms with Crippen molar-refractivity contribution in [1.82, 2.24) is 0 Å². The number of anilines is 2. The van der Waals surface area contributed by atoms with Crippen LogP contribution in [0.2, 0.25) is 0 Å². The number of hydrogen-bond acceptors (Lipinski definition) is 3. The number of benzene rings is 2. The number of nitrogens with one attached hydrogen (secondary N) is 1. The summed E-state index contributed by atoms with van der Waals surface area (Å²) in [5.41, 5.74) is 4.95. The molecule has 0 aliphatic rings. The molecule has 3 N–H and O–H groups in total. The van der Waals surface area contributed by atoms with Gasteiger partial charge in [0.15, 0.2) is 0 Å². The predicted molar refractivity (Wildman–Crippen MR) is 68.0 cm³/mol. The zero-order valence-electron chi connectivity index (χ0n) is 9.90. The minimum Gasteiger partial charge on any atom is -0.396 e. The van der Waals surface area contributed by atoms with Crippen molar-refractivity contribution in [2.45, 2.75) is 4.90 Å². The Hall–Kier alpha value is -2.22. The lowest BCUT2D eigenvalue weighted by molar-refractivity contribution is 0.555. The summed E-state index contributed by atoms with van der Waals surface area (Å²) in [5.74, 6) is -2.72. The molecule has 0 saturated carbocycles. The van der Waals surface area contributed by atoms with Crippen LogP contribution < -0.4 is 10.5 Å². The summed E-state index contributed by atoms with van der Waals surface area (Å²) in [7, 11) is -4.34. The van der Waals surface area contributed by atoms with Crippen LogP contribution in [0.15, 0.2) is 41.3 Å². The largest absolute Gasteiger partial charge is 0.396 e. The van der Waals surface area contributed by atoms with Gasteiger partial charge in [-0.15, -0.1) is 0 Å². The van der Waals surface area contributed by atoms with Crippen molar-refractivity contribution in [3.8, 4) is 0 Å². The number of halogens is 3. The molecule has 0 atom stereocenters. The van der Waals surface area contributed by atoms with Crippen molar-refractivity contribution in [1.29, 1.82) is 0 Å². The molecule has 0 aliphatic carbocycles. The van der Waals surface area contributed by atoms with Gasteiger partial charge in [0, 0.05) is 0 Å². The molecule has 0 spiro atoms. The van der Waals surface area contributed by atoms with Gasteiger partial charge in [-0.2, -0.15) is 0 Å². The van der Waals surface area contributed by atoms with Crippen molar-refractivity contribution >= 4 is 21.4 Å². The monoisotopic (exact) mass is 302 g/mol. The van der Waals surface area contributed by atoms with E-state index in [1.54, 1.807) is 0 Å². The molecule has 0 aromatic heterocycles. The minimum atomic E-state index is -4.34. The molecule has 8 heteroatoms. The molecule has 0 unspecified atom stereocenters. The van der Waals surface area contributed by atoms with Crippen molar-refractivity contribution in [3.63, 3.8) is 0 Å². The lowest BCUT2D eigenvalue weighted by Crippen LogP contribution is -2.15. The van der Waals surface area contributed by atoms with Crippen LogP contribution in [0, 0.1) is 17.5 Å². The van der Waals surface area contributed by atoms with Crippen LogP contribution in [0.25, 0.3) is 0 Å². The minimum absolute atomic E-state index is 0.0624. The molecule has 0 fully saturated rings. The number of nitrogens with two attached hydrogens (primary N) is 1. The summed E-state index contributed by atoms with van der Waals surface area (Å²) in [6, 6.07) is 5.14. The van der Waals surface area contributed by atoms with Gasteiger partial charge in [-0.25, -0.2) is 21.6 Å². The molecule has 2 rings (SSSR count). The summed E-state index contributed by atoms with van der Waals surface area (Å²) >= 11 is 0. The number of rotatable bonds is 3. The van der Waals surface area contributed by atoms with Crippen molar-refractivity contribution in [3.05, 3.63) is 53.8 Å². The molecule has 0 amide bonds. The molecular weight excluding hydrogens is 293 g/mol. The fraction of sp³-hybridized carbons (Fsp3) is 0. The smallest absolute Gasteiger partial charge is 0.264 e. The zero-order chi connectivity index (χ0) is 14.9. The van der Waals surface area contributed by atoms with E-state index in [1.165, 1.54) is 0 Å². The SMILES string of the molecule is Nc1cc(NS(=O)(=O)c2cc(F)ccc2F)ccc1F. The second-order valence-corrected chi connectivity index (χ2v) is 5.57. The van der Waals surface area contributed by atoms with E-state index >= 15 is 0 Å². The van der Waals surface area contributed by atoms with E-state index in [9.17, 15) is 21.6 Å². The lowest BCUT2D eigenvalue weighted by atomic mass is 10.3.